The molecule has 7 rings (SSSR count). The predicted octanol–water partition coefficient (Wildman–Crippen LogP) is 10.4. The molecule has 0 atom stereocenters. The quantitative estimate of drug-likeness (QED) is 0.240. The van der Waals surface area contributed by atoms with Gasteiger partial charge in [0.25, 0.3) is 0 Å². The van der Waals surface area contributed by atoms with Crippen molar-refractivity contribution in [2.45, 2.75) is 0 Å². The summed E-state index contributed by atoms with van der Waals surface area (Å²) in [5.74, 6) is 3.02. The highest BCUT2D eigenvalue weighted by Gasteiger charge is 2.11. The molecule has 0 bridgehead atoms. The fourth-order valence-corrected chi connectivity index (χ4v) is 5.06. The van der Waals surface area contributed by atoms with E-state index < -0.39 is 0 Å². The number of hydrogen-bond acceptors (Lipinski definition) is 2. The average molecular weight is 489 g/mol. The van der Waals surface area contributed by atoms with E-state index in [-0.39, 0.29) is 0 Å². The van der Waals surface area contributed by atoms with E-state index in [1.807, 2.05) is 42.5 Å². The first-order chi connectivity index (χ1) is 18.8. The van der Waals surface area contributed by atoms with Gasteiger partial charge >= 0.3 is 0 Å². The van der Waals surface area contributed by atoms with E-state index in [0.717, 1.165) is 44.9 Å². The van der Waals surface area contributed by atoms with Crippen molar-refractivity contribution in [1.29, 1.82) is 0 Å². The van der Waals surface area contributed by atoms with Gasteiger partial charge in [0.05, 0.1) is 0 Å². The van der Waals surface area contributed by atoms with Crippen molar-refractivity contribution >= 4 is 32.3 Å². The van der Waals surface area contributed by atoms with Gasteiger partial charge in [0.1, 0.15) is 23.0 Å². The third-order valence-electron chi connectivity index (χ3n) is 6.89. The average Bonchev–Trinajstić information content (AvgIpc) is 2.96. The van der Waals surface area contributed by atoms with E-state index in [2.05, 4.69) is 103 Å². The van der Waals surface area contributed by atoms with Gasteiger partial charge in [-0.25, -0.2) is 0 Å². The zero-order chi connectivity index (χ0) is 25.3. The second-order valence-corrected chi connectivity index (χ2v) is 9.44. The van der Waals surface area contributed by atoms with E-state index in [0.29, 0.717) is 0 Å². The third-order valence-corrected chi connectivity index (χ3v) is 6.89. The molecule has 0 unspecified atom stereocenters. The van der Waals surface area contributed by atoms with Crippen molar-refractivity contribution in [1.82, 2.24) is 0 Å². The third kappa shape index (κ3) is 4.33. The monoisotopic (exact) mass is 488 g/mol. The molecule has 0 fully saturated rings. The smallest absolute Gasteiger partial charge is 0.131 e. The molecular weight excluding hydrogens is 464 g/mol. The number of hydrogen-bond donors (Lipinski definition) is 0. The van der Waals surface area contributed by atoms with Crippen LogP contribution in [0.25, 0.3) is 43.4 Å². The second-order valence-electron chi connectivity index (χ2n) is 9.44. The van der Waals surface area contributed by atoms with Crippen LogP contribution in [0.5, 0.6) is 23.0 Å². The summed E-state index contributed by atoms with van der Waals surface area (Å²) >= 11 is 0. The molecule has 0 aliphatic carbocycles. The van der Waals surface area contributed by atoms with E-state index in [9.17, 15) is 0 Å². The Balaban J connectivity index is 1.33. The lowest BCUT2D eigenvalue weighted by atomic mass is 9.98. The highest BCUT2D eigenvalue weighted by atomic mass is 16.5. The predicted molar refractivity (Wildman–Crippen MR) is 157 cm³/mol. The molecule has 7 aromatic carbocycles. The first kappa shape index (κ1) is 22.1. The zero-order valence-electron chi connectivity index (χ0n) is 20.7. The molecule has 0 heterocycles. The summed E-state index contributed by atoms with van der Waals surface area (Å²) in [6.07, 6.45) is 0. The van der Waals surface area contributed by atoms with Crippen LogP contribution in [0.4, 0.5) is 0 Å². The van der Waals surface area contributed by atoms with Crippen LogP contribution in [0.15, 0.2) is 146 Å². The van der Waals surface area contributed by atoms with E-state index >= 15 is 0 Å². The van der Waals surface area contributed by atoms with Crippen molar-refractivity contribution in [3.63, 3.8) is 0 Å². The minimum Gasteiger partial charge on any atom is -0.457 e. The number of ether oxygens (including phenoxy) is 2. The highest BCUT2D eigenvalue weighted by molar-refractivity contribution is 5.97. The molecule has 0 aliphatic rings. The SMILES string of the molecule is c1ccc2cc(Oc3cc(Oc4ccc5ccccc5c4)cc(-c4cccc5ccccc45)c3)ccc2c1. The van der Waals surface area contributed by atoms with Crippen LogP contribution in [0.3, 0.4) is 0 Å². The molecule has 0 spiro atoms. The molecule has 7 aromatic rings. The Labute approximate surface area is 221 Å². The van der Waals surface area contributed by atoms with Crippen molar-refractivity contribution < 1.29 is 9.47 Å². The zero-order valence-corrected chi connectivity index (χ0v) is 20.7. The molecule has 38 heavy (non-hydrogen) atoms. The molecule has 0 amide bonds. The molecule has 180 valence electrons. The Kier molecular flexibility index (Phi) is 5.49. The van der Waals surface area contributed by atoms with Crippen molar-refractivity contribution in [2.75, 3.05) is 0 Å². The highest BCUT2D eigenvalue weighted by Crippen LogP contribution is 2.38. The van der Waals surface area contributed by atoms with Gasteiger partial charge in [0.15, 0.2) is 0 Å². The fraction of sp³-hybridized carbons (Fsp3) is 0. The Morgan fingerprint density at radius 2 is 0.816 bits per heavy atom. The lowest BCUT2D eigenvalue weighted by Gasteiger charge is -2.14. The molecule has 0 saturated heterocycles. The van der Waals surface area contributed by atoms with Crippen LogP contribution in [-0.2, 0) is 0 Å². The first-order valence-electron chi connectivity index (χ1n) is 12.8. The fourth-order valence-electron chi connectivity index (χ4n) is 5.06. The summed E-state index contributed by atoms with van der Waals surface area (Å²) < 4.78 is 12.9. The lowest BCUT2D eigenvalue weighted by Crippen LogP contribution is -1.91. The maximum absolute atomic E-state index is 6.43. The number of benzene rings is 7. The Hall–Kier alpha value is -5.08. The maximum Gasteiger partial charge on any atom is 0.131 e. The van der Waals surface area contributed by atoms with Crippen molar-refractivity contribution in [3.05, 3.63) is 146 Å². The van der Waals surface area contributed by atoms with Crippen LogP contribution in [0, 0.1) is 0 Å². The van der Waals surface area contributed by atoms with E-state index in [4.69, 9.17) is 9.47 Å². The molecule has 0 aliphatic heterocycles. The van der Waals surface area contributed by atoms with Crippen LogP contribution in [0.1, 0.15) is 0 Å². The van der Waals surface area contributed by atoms with Crippen molar-refractivity contribution in [2.24, 2.45) is 0 Å². The molecule has 0 N–H and O–H groups in total. The Bertz CT molecular complexity index is 1830. The van der Waals surface area contributed by atoms with Gasteiger partial charge in [-0.15, -0.1) is 0 Å². The number of rotatable bonds is 5. The summed E-state index contributed by atoms with van der Waals surface area (Å²) in [7, 11) is 0. The normalized spacial score (nSPS) is 11.2. The standard InChI is InChI=1S/C36H24O2/c1-3-11-28-20-31(18-16-25(28)8-1)37-33-22-30(36-15-7-13-27-10-5-6-14-35(27)36)23-34(24-33)38-32-19-17-26-9-2-4-12-29(26)21-32/h1-24H. The topological polar surface area (TPSA) is 18.5 Å². The van der Waals surface area contributed by atoms with Crippen LogP contribution in [-0.4, -0.2) is 0 Å². The summed E-state index contributed by atoms with van der Waals surface area (Å²) in [6.45, 7) is 0. The molecular formula is C36H24O2. The van der Waals surface area contributed by atoms with Gasteiger partial charge in [-0.05, 0) is 79.8 Å². The largest absolute Gasteiger partial charge is 0.457 e. The molecule has 0 aromatic heterocycles. The second kappa shape index (κ2) is 9.42. The summed E-state index contributed by atoms with van der Waals surface area (Å²) in [5.41, 5.74) is 2.17. The van der Waals surface area contributed by atoms with E-state index in [1.165, 1.54) is 21.5 Å². The van der Waals surface area contributed by atoms with Gasteiger partial charge in [0.2, 0.25) is 0 Å². The van der Waals surface area contributed by atoms with Gasteiger partial charge in [-0.3, -0.25) is 0 Å². The van der Waals surface area contributed by atoms with Crippen molar-refractivity contribution in [3.8, 4) is 34.1 Å². The van der Waals surface area contributed by atoms with E-state index in [1.54, 1.807) is 0 Å². The number of fused-ring (bicyclic) bond motifs is 3. The minimum absolute atomic E-state index is 0.724. The van der Waals surface area contributed by atoms with Gasteiger partial charge in [-0.1, -0.05) is 103 Å². The molecule has 2 nitrogen and oxygen atoms in total. The minimum atomic E-state index is 0.724. The Morgan fingerprint density at radius 3 is 1.42 bits per heavy atom. The van der Waals surface area contributed by atoms with Gasteiger partial charge in [-0.2, -0.15) is 0 Å². The maximum atomic E-state index is 6.43. The Morgan fingerprint density at radius 1 is 0.316 bits per heavy atom. The van der Waals surface area contributed by atoms with Crippen LogP contribution >= 0.6 is 0 Å². The summed E-state index contributed by atoms with van der Waals surface area (Å²) in [5, 5.41) is 7.04. The van der Waals surface area contributed by atoms with Crippen LogP contribution in [0.2, 0.25) is 0 Å². The summed E-state index contributed by atoms with van der Waals surface area (Å²) in [6, 6.07) is 49.9. The molecule has 2 heteroatoms. The lowest BCUT2D eigenvalue weighted by molar-refractivity contribution is 0.461. The summed E-state index contributed by atoms with van der Waals surface area (Å²) in [4.78, 5) is 0. The molecule has 0 saturated carbocycles. The van der Waals surface area contributed by atoms with Gasteiger partial charge in [0, 0.05) is 6.07 Å². The van der Waals surface area contributed by atoms with Gasteiger partial charge < -0.3 is 9.47 Å². The first-order valence-corrected chi connectivity index (χ1v) is 12.8. The molecule has 0 radical (unpaired) electrons. The van der Waals surface area contributed by atoms with Crippen LogP contribution < -0.4 is 9.47 Å².